The van der Waals surface area contributed by atoms with Crippen molar-refractivity contribution in [2.45, 2.75) is 45.7 Å². The SMILES string of the molecule is CC(C)N1CCC([C@@H](C)N2CCN(C)CC2)CC1. The Balaban J connectivity index is 1.78. The van der Waals surface area contributed by atoms with E-state index in [1.807, 2.05) is 0 Å². The van der Waals surface area contributed by atoms with Crippen molar-refractivity contribution in [1.29, 1.82) is 0 Å². The number of likely N-dealkylation sites (tertiary alicyclic amines) is 1. The molecule has 1 atom stereocenters. The van der Waals surface area contributed by atoms with Crippen molar-refractivity contribution in [1.82, 2.24) is 14.7 Å². The minimum atomic E-state index is 0.727. The van der Waals surface area contributed by atoms with Crippen molar-refractivity contribution in [2.75, 3.05) is 46.3 Å². The molecular formula is C15H31N3. The summed E-state index contributed by atoms with van der Waals surface area (Å²) in [6.07, 6.45) is 2.79. The molecule has 0 aromatic heterocycles. The van der Waals surface area contributed by atoms with Crippen LogP contribution >= 0.6 is 0 Å². The molecule has 0 saturated carbocycles. The molecule has 18 heavy (non-hydrogen) atoms. The Labute approximate surface area is 113 Å². The quantitative estimate of drug-likeness (QED) is 0.758. The smallest absolute Gasteiger partial charge is 0.0113 e. The topological polar surface area (TPSA) is 9.72 Å². The Kier molecular flexibility index (Phi) is 5.05. The second-order valence-corrected chi connectivity index (χ2v) is 6.55. The average molecular weight is 253 g/mol. The van der Waals surface area contributed by atoms with Gasteiger partial charge in [-0.3, -0.25) is 4.90 Å². The van der Waals surface area contributed by atoms with Gasteiger partial charge in [-0.25, -0.2) is 0 Å². The summed E-state index contributed by atoms with van der Waals surface area (Å²) in [6.45, 7) is 14.7. The number of nitrogens with zero attached hydrogens (tertiary/aromatic N) is 3. The molecule has 2 heterocycles. The van der Waals surface area contributed by atoms with Gasteiger partial charge in [0.15, 0.2) is 0 Å². The highest BCUT2D eigenvalue weighted by Crippen LogP contribution is 2.25. The summed E-state index contributed by atoms with van der Waals surface area (Å²) in [4.78, 5) is 7.80. The molecule has 2 aliphatic rings. The van der Waals surface area contributed by atoms with Crippen molar-refractivity contribution >= 4 is 0 Å². The van der Waals surface area contributed by atoms with E-state index in [0.29, 0.717) is 0 Å². The highest BCUT2D eigenvalue weighted by molar-refractivity contribution is 4.84. The minimum absolute atomic E-state index is 0.727. The molecule has 3 heteroatoms. The number of hydrogen-bond acceptors (Lipinski definition) is 3. The number of hydrogen-bond donors (Lipinski definition) is 0. The van der Waals surface area contributed by atoms with Gasteiger partial charge in [-0.15, -0.1) is 0 Å². The minimum Gasteiger partial charge on any atom is -0.304 e. The van der Waals surface area contributed by atoms with Crippen molar-refractivity contribution in [3.63, 3.8) is 0 Å². The summed E-state index contributed by atoms with van der Waals surface area (Å²) < 4.78 is 0. The van der Waals surface area contributed by atoms with Crippen LogP contribution in [0.1, 0.15) is 33.6 Å². The molecule has 2 aliphatic heterocycles. The Morgan fingerprint density at radius 1 is 0.778 bits per heavy atom. The van der Waals surface area contributed by atoms with Gasteiger partial charge in [0.2, 0.25) is 0 Å². The molecular weight excluding hydrogens is 222 g/mol. The highest BCUT2D eigenvalue weighted by Gasteiger charge is 2.29. The van der Waals surface area contributed by atoms with Gasteiger partial charge in [0.25, 0.3) is 0 Å². The third-order valence-corrected chi connectivity index (χ3v) is 5.10. The zero-order valence-corrected chi connectivity index (χ0v) is 12.7. The van der Waals surface area contributed by atoms with E-state index < -0.39 is 0 Å². The van der Waals surface area contributed by atoms with E-state index >= 15 is 0 Å². The molecule has 2 fully saturated rings. The molecule has 106 valence electrons. The lowest BCUT2D eigenvalue weighted by Gasteiger charge is -2.43. The number of piperazine rings is 1. The highest BCUT2D eigenvalue weighted by atomic mass is 15.3. The fourth-order valence-corrected chi connectivity index (χ4v) is 3.45. The molecule has 2 rings (SSSR count). The van der Waals surface area contributed by atoms with Gasteiger partial charge in [-0.1, -0.05) is 0 Å². The first-order valence-corrected chi connectivity index (χ1v) is 7.74. The second-order valence-electron chi connectivity index (χ2n) is 6.55. The normalized spacial score (nSPS) is 27.8. The second kappa shape index (κ2) is 6.36. The monoisotopic (exact) mass is 253 g/mol. The largest absolute Gasteiger partial charge is 0.304 e. The van der Waals surface area contributed by atoms with Crippen LogP contribution in [0, 0.1) is 5.92 Å². The van der Waals surface area contributed by atoms with Gasteiger partial charge in [0.1, 0.15) is 0 Å². The summed E-state index contributed by atoms with van der Waals surface area (Å²) >= 11 is 0. The maximum absolute atomic E-state index is 2.72. The predicted octanol–water partition coefficient (Wildman–Crippen LogP) is 1.74. The fourth-order valence-electron chi connectivity index (χ4n) is 3.45. The van der Waals surface area contributed by atoms with E-state index in [1.165, 1.54) is 52.1 Å². The van der Waals surface area contributed by atoms with Crippen molar-refractivity contribution in [3.05, 3.63) is 0 Å². The van der Waals surface area contributed by atoms with Crippen LogP contribution in [-0.4, -0.2) is 73.1 Å². The van der Waals surface area contributed by atoms with Crippen LogP contribution in [-0.2, 0) is 0 Å². The molecule has 0 aromatic rings. The molecule has 3 nitrogen and oxygen atoms in total. The first-order valence-electron chi connectivity index (χ1n) is 7.74. The van der Waals surface area contributed by atoms with E-state index in [4.69, 9.17) is 0 Å². The van der Waals surface area contributed by atoms with Gasteiger partial charge >= 0.3 is 0 Å². The van der Waals surface area contributed by atoms with E-state index in [2.05, 4.69) is 42.5 Å². The lowest BCUT2D eigenvalue weighted by molar-refractivity contribution is 0.0548. The summed E-state index contributed by atoms with van der Waals surface area (Å²) in [6, 6.07) is 1.51. The van der Waals surface area contributed by atoms with Gasteiger partial charge < -0.3 is 9.80 Å². The van der Waals surface area contributed by atoms with Crippen LogP contribution in [0.5, 0.6) is 0 Å². The zero-order chi connectivity index (χ0) is 13.1. The van der Waals surface area contributed by atoms with Crippen molar-refractivity contribution in [3.8, 4) is 0 Å². The van der Waals surface area contributed by atoms with E-state index in [0.717, 1.165) is 18.0 Å². The number of piperidine rings is 1. The number of rotatable bonds is 3. The van der Waals surface area contributed by atoms with E-state index in [1.54, 1.807) is 0 Å². The maximum atomic E-state index is 2.72. The molecule has 0 aromatic carbocycles. The lowest BCUT2D eigenvalue weighted by Crippen LogP contribution is -2.52. The third kappa shape index (κ3) is 3.46. The molecule has 0 unspecified atom stereocenters. The first-order chi connectivity index (χ1) is 8.58. The maximum Gasteiger partial charge on any atom is 0.0113 e. The molecule has 0 bridgehead atoms. The Hall–Kier alpha value is -0.120. The van der Waals surface area contributed by atoms with Gasteiger partial charge in [-0.05, 0) is 59.7 Å². The molecule has 0 spiro atoms. The Morgan fingerprint density at radius 2 is 1.33 bits per heavy atom. The average Bonchev–Trinajstić information content (AvgIpc) is 2.39. The van der Waals surface area contributed by atoms with Gasteiger partial charge in [0.05, 0.1) is 0 Å². The predicted molar refractivity (Wildman–Crippen MR) is 78.0 cm³/mol. The molecule has 0 N–H and O–H groups in total. The summed E-state index contributed by atoms with van der Waals surface area (Å²) in [5, 5.41) is 0. The lowest BCUT2D eigenvalue weighted by atomic mass is 9.88. The fraction of sp³-hybridized carbons (Fsp3) is 1.00. The van der Waals surface area contributed by atoms with Crippen LogP contribution in [0.25, 0.3) is 0 Å². The van der Waals surface area contributed by atoms with Gasteiger partial charge in [0, 0.05) is 38.3 Å². The van der Waals surface area contributed by atoms with Gasteiger partial charge in [-0.2, -0.15) is 0 Å². The van der Waals surface area contributed by atoms with Crippen molar-refractivity contribution in [2.24, 2.45) is 5.92 Å². The summed E-state index contributed by atoms with van der Waals surface area (Å²) in [7, 11) is 2.24. The zero-order valence-electron chi connectivity index (χ0n) is 12.7. The summed E-state index contributed by atoms with van der Waals surface area (Å²) in [5.41, 5.74) is 0. The van der Waals surface area contributed by atoms with Crippen LogP contribution in [0.4, 0.5) is 0 Å². The molecule has 0 aliphatic carbocycles. The van der Waals surface area contributed by atoms with Crippen molar-refractivity contribution < 1.29 is 0 Å². The van der Waals surface area contributed by atoms with Crippen LogP contribution in [0.2, 0.25) is 0 Å². The van der Waals surface area contributed by atoms with Crippen LogP contribution in [0.15, 0.2) is 0 Å². The number of likely N-dealkylation sites (N-methyl/N-ethyl adjacent to an activating group) is 1. The van der Waals surface area contributed by atoms with E-state index in [-0.39, 0.29) is 0 Å². The third-order valence-electron chi connectivity index (χ3n) is 5.10. The van der Waals surface area contributed by atoms with Crippen LogP contribution in [0.3, 0.4) is 0 Å². The molecule has 0 radical (unpaired) electrons. The van der Waals surface area contributed by atoms with E-state index in [9.17, 15) is 0 Å². The standard InChI is InChI=1S/C15H31N3/c1-13(2)17-7-5-15(6-8-17)14(3)18-11-9-16(4)10-12-18/h13-15H,5-12H2,1-4H3/t14-/m1/s1. The molecule has 0 amide bonds. The molecule has 2 saturated heterocycles. The Morgan fingerprint density at radius 3 is 1.83 bits per heavy atom. The first kappa shape index (κ1) is 14.3. The van der Waals surface area contributed by atoms with Crippen LogP contribution < -0.4 is 0 Å². The Bertz CT molecular complexity index is 238. The summed E-state index contributed by atoms with van der Waals surface area (Å²) in [5.74, 6) is 0.920.